The van der Waals surface area contributed by atoms with Gasteiger partial charge in [0.25, 0.3) is 5.91 Å². The fourth-order valence-electron chi connectivity index (χ4n) is 1.84. The highest BCUT2D eigenvalue weighted by atomic mass is 32.1. The van der Waals surface area contributed by atoms with Crippen molar-refractivity contribution in [3.8, 4) is 0 Å². The molecule has 18 heavy (non-hydrogen) atoms. The Morgan fingerprint density at radius 1 is 1.50 bits per heavy atom. The Morgan fingerprint density at radius 2 is 2.28 bits per heavy atom. The summed E-state index contributed by atoms with van der Waals surface area (Å²) in [6.45, 7) is 6.94. The molecule has 0 unspecified atom stereocenters. The first-order chi connectivity index (χ1) is 8.81. The van der Waals surface area contributed by atoms with Gasteiger partial charge >= 0.3 is 0 Å². The Morgan fingerprint density at radius 3 is 3.00 bits per heavy atom. The van der Waals surface area contributed by atoms with E-state index in [1.807, 2.05) is 6.92 Å². The molecule has 1 amide bonds. The van der Waals surface area contributed by atoms with Gasteiger partial charge in [0.15, 0.2) is 0 Å². The molecule has 2 heterocycles. The van der Waals surface area contributed by atoms with E-state index in [-0.39, 0.29) is 5.91 Å². The largest absolute Gasteiger partial charge is 0.379 e. The van der Waals surface area contributed by atoms with Crippen LogP contribution >= 0.6 is 11.5 Å². The lowest BCUT2D eigenvalue weighted by Crippen LogP contribution is -2.41. The molecule has 0 atom stereocenters. The summed E-state index contributed by atoms with van der Waals surface area (Å²) in [4.78, 5) is 14.8. The van der Waals surface area contributed by atoms with Crippen molar-refractivity contribution in [2.75, 3.05) is 39.4 Å². The summed E-state index contributed by atoms with van der Waals surface area (Å²) in [6.07, 6.45) is 0.739. The van der Waals surface area contributed by atoms with Crippen molar-refractivity contribution in [1.29, 1.82) is 0 Å². The average Bonchev–Trinajstić information content (AvgIpc) is 2.88. The van der Waals surface area contributed by atoms with Crippen LogP contribution in [-0.4, -0.2) is 59.8 Å². The number of ether oxygens (including phenoxy) is 1. The molecule has 1 aromatic heterocycles. The van der Waals surface area contributed by atoms with E-state index in [1.165, 1.54) is 0 Å². The summed E-state index contributed by atoms with van der Waals surface area (Å²) in [5.74, 6) is -0.0601. The molecular weight excluding hydrogens is 252 g/mol. The minimum atomic E-state index is -0.0601. The number of carbonyl (C=O) groups excluding carboxylic acids is 1. The molecule has 1 N–H and O–H groups in total. The number of nitrogens with one attached hydrogen (secondary N) is 1. The molecule has 1 aliphatic rings. The fraction of sp³-hybridized carbons (Fsp3) is 0.727. The lowest BCUT2D eigenvalue weighted by molar-refractivity contribution is 0.0383. The highest BCUT2D eigenvalue weighted by Gasteiger charge is 2.15. The van der Waals surface area contributed by atoms with Crippen molar-refractivity contribution < 1.29 is 9.53 Å². The number of amides is 1. The van der Waals surface area contributed by atoms with E-state index in [9.17, 15) is 4.79 Å². The van der Waals surface area contributed by atoms with Gasteiger partial charge in [-0.15, -0.1) is 5.10 Å². The maximum absolute atomic E-state index is 11.9. The maximum Gasteiger partial charge on any atom is 0.264 e. The van der Waals surface area contributed by atoms with E-state index in [0.29, 0.717) is 11.4 Å². The van der Waals surface area contributed by atoms with Gasteiger partial charge in [-0.1, -0.05) is 11.4 Å². The molecule has 0 aromatic carbocycles. The average molecular weight is 270 g/mol. The molecule has 2 rings (SSSR count). The Balaban J connectivity index is 1.74. The third-order valence-corrected chi connectivity index (χ3v) is 3.68. The standard InChI is InChI=1S/C11H18N4O2S/c1-2-9-10(18-14-13-9)11(16)12-3-4-15-5-7-17-8-6-15/h2-8H2,1H3,(H,12,16). The van der Waals surface area contributed by atoms with Crippen LogP contribution in [-0.2, 0) is 11.2 Å². The van der Waals surface area contributed by atoms with E-state index in [1.54, 1.807) is 0 Å². The van der Waals surface area contributed by atoms with Crippen LogP contribution < -0.4 is 5.32 Å². The first kappa shape index (κ1) is 13.4. The van der Waals surface area contributed by atoms with Crippen LogP contribution in [0.5, 0.6) is 0 Å². The third-order valence-electron chi connectivity index (χ3n) is 2.91. The van der Waals surface area contributed by atoms with Crippen LogP contribution in [0.15, 0.2) is 0 Å². The predicted molar refractivity (Wildman–Crippen MR) is 68.9 cm³/mol. The zero-order valence-electron chi connectivity index (χ0n) is 10.5. The van der Waals surface area contributed by atoms with Gasteiger partial charge in [-0.25, -0.2) is 0 Å². The van der Waals surface area contributed by atoms with Crippen LogP contribution in [0, 0.1) is 0 Å². The second-order valence-electron chi connectivity index (χ2n) is 4.11. The molecule has 1 fully saturated rings. The van der Waals surface area contributed by atoms with Gasteiger partial charge in [-0.2, -0.15) is 0 Å². The Hall–Kier alpha value is -1.05. The summed E-state index contributed by atoms with van der Waals surface area (Å²) in [5, 5.41) is 6.85. The van der Waals surface area contributed by atoms with Gasteiger partial charge in [0.1, 0.15) is 4.88 Å². The summed E-state index contributed by atoms with van der Waals surface area (Å²) < 4.78 is 9.09. The van der Waals surface area contributed by atoms with E-state index < -0.39 is 0 Å². The van der Waals surface area contributed by atoms with E-state index in [0.717, 1.165) is 56.5 Å². The number of morpholine rings is 1. The first-order valence-electron chi connectivity index (χ1n) is 6.20. The Bertz CT molecular complexity index is 390. The van der Waals surface area contributed by atoms with Crippen LogP contribution in [0.2, 0.25) is 0 Å². The lowest BCUT2D eigenvalue weighted by atomic mass is 10.3. The molecule has 0 radical (unpaired) electrons. The van der Waals surface area contributed by atoms with E-state index >= 15 is 0 Å². The molecular formula is C11H18N4O2S. The molecule has 0 aliphatic carbocycles. The quantitative estimate of drug-likeness (QED) is 0.825. The number of nitrogens with zero attached hydrogens (tertiary/aromatic N) is 3. The molecule has 100 valence electrons. The Kier molecular flexibility index (Phi) is 5.03. The molecule has 1 aliphatic heterocycles. The normalized spacial score (nSPS) is 16.7. The second-order valence-corrected chi connectivity index (χ2v) is 4.87. The molecule has 6 nitrogen and oxygen atoms in total. The topological polar surface area (TPSA) is 67.4 Å². The van der Waals surface area contributed by atoms with Gasteiger partial charge in [0.2, 0.25) is 0 Å². The number of aryl methyl sites for hydroxylation is 1. The van der Waals surface area contributed by atoms with Crippen molar-refractivity contribution in [3.05, 3.63) is 10.6 Å². The van der Waals surface area contributed by atoms with Crippen LogP contribution in [0.3, 0.4) is 0 Å². The number of rotatable bonds is 5. The molecule has 0 bridgehead atoms. The van der Waals surface area contributed by atoms with E-state index in [4.69, 9.17) is 4.74 Å². The first-order valence-corrected chi connectivity index (χ1v) is 6.98. The van der Waals surface area contributed by atoms with Gasteiger partial charge in [-0.05, 0) is 18.0 Å². The molecule has 1 aromatic rings. The highest BCUT2D eigenvalue weighted by molar-refractivity contribution is 7.08. The van der Waals surface area contributed by atoms with Crippen molar-refractivity contribution in [2.45, 2.75) is 13.3 Å². The van der Waals surface area contributed by atoms with Crippen molar-refractivity contribution >= 4 is 17.4 Å². The third kappa shape index (κ3) is 3.47. The second kappa shape index (κ2) is 6.77. The van der Waals surface area contributed by atoms with Gasteiger partial charge in [0.05, 0.1) is 18.9 Å². The van der Waals surface area contributed by atoms with Gasteiger partial charge in [0, 0.05) is 26.2 Å². The zero-order valence-corrected chi connectivity index (χ0v) is 11.3. The smallest absolute Gasteiger partial charge is 0.264 e. The Labute approximate surface area is 110 Å². The predicted octanol–water partition coefficient (Wildman–Crippen LogP) is 0.162. The number of hydrogen-bond donors (Lipinski definition) is 1. The zero-order chi connectivity index (χ0) is 12.8. The van der Waals surface area contributed by atoms with E-state index in [2.05, 4.69) is 19.8 Å². The molecule has 0 spiro atoms. The molecule has 0 saturated carbocycles. The van der Waals surface area contributed by atoms with Gasteiger partial charge < -0.3 is 10.1 Å². The SMILES string of the molecule is CCc1nnsc1C(=O)NCCN1CCOCC1. The summed E-state index contributed by atoms with van der Waals surface area (Å²) in [7, 11) is 0. The summed E-state index contributed by atoms with van der Waals surface area (Å²) in [5.41, 5.74) is 0.781. The summed E-state index contributed by atoms with van der Waals surface area (Å²) in [6, 6.07) is 0. The minimum absolute atomic E-state index is 0.0601. The van der Waals surface area contributed by atoms with Crippen LogP contribution in [0.4, 0.5) is 0 Å². The number of carbonyl (C=O) groups is 1. The highest BCUT2D eigenvalue weighted by Crippen LogP contribution is 2.10. The van der Waals surface area contributed by atoms with Crippen molar-refractivity contribution in [3.63, 3.8) is 0 Å². The number of aromatic nitrogens is 2. The molecule has 1 saturated heterocycles. The van der Waals surface area contributed by atoms with Gasteiger partial charge in [-0.3, -0.25) is 9.69 Å². The van der Waals surface area contributed by atoms with Crippen LogP contribution in [0.25, 0.3) is 0 Å². The summed E-state index contributed by atoms with van der Waals surface area (Å²) >= 11 is 1.16. The molecule has 7 heteroatoms. The van der Waals surface area contributed by atoms with Crippen molar-refractivity contribution in [2.24, 2.45) is 0 Å². The lowest BCUT2D eigenvalue weighted by Gasteiger charge is -2.26. The number of hydrogen-bond acceptors (Lipinski definition) is 6. The minimum Gasteiger partial charge on any atom is -0.379 e. The van der Waals surface area contributed by atoms with Crippen molar-refractivity contribution in [1.82, 2.24) is 19.8 Å². The fourth-order valence-corrected chi connectivity index (χ4v) is 2.51. The van der Waals surface area contributed by atoms with Crippen LogP contribution in [0.1, 0.15) is 22.3 Å². The maximum atomic E-state index is 11.9. The monoisotopic (exact) mass is 270 g/mol.